The molecule has 1 amide bonds. The Kier molecular flexibility index (Phi) is 2.33. The fraction of sp³-hybridized carbons (Fsp3) is 0.250. The maximum Gasteiger partial charge on any atom is 0.497 e. The van der Waals surface area contributed by atoms with Crippen LogP contribution in [0.15, 0.2) is 11.2 Å². The van der Waals surface area contributed by atoms with Gasteiger partial charge in [0.05, 0.1) is 5.47 Å². The Labute approximate surface area is 74.4 Å². The van der Waals surface area contributed by atoms with Gasteiger partial charge in [0.2, 0.25) is 0 Å². The van der Waals surface area contributed by atoms with E-state index in [1.165, 1.54) is 4.72 Å². The van der Waals surface area contributed by atoms with Crippen molar-refractivity contribution in [2.45, 2.75) is 6.92 Å². The van der Waals surface area contributed by atoms with E-state index in [4.69, 9.17) is 10.0 Å². The molecule has 0 bridgehead atoms. The average Bonchev–Trinajstić information content (AvgIpc) is 1.78. The molecule has 0 saturated carbocycles. The van der Waals surface area contributed by atoms with Crippen LogP contribution >= 0.6 is 0 Å². The summed E-state index contributed by atoms with van der Waals surface area (Å²) in [5.74, 6) is -1.45. The van der Waals surface area contributed by atoms with Crippen LogP contribution in [0.3, 0.4) is 0 Å². The fourth-order valence-electron chi connectivity index (χ4n) is 0.858. The lowest BCUT2D eigenvalue weighted by molar-refractivity contribution is -0.116. The molecule has 0 saturated heterocycles. The van der Waals surface area contributed by atoms with Crippen molar-refractivity contribution in [1.82, 2.24) is 4.72 Å². The summed E-state index contributed by atoms with van der Waals surface area (Å²) in [4.78, 5) is 10.9. The number of hydrogen-bond donors (Lipinski definition) is 3. The van der Waals surface area contributed by atoms with Crippen molar-refractivity contribution in [3.63, 3.8) is 0 Å². The highest BCUT2D eigenvalue weighted by molar-refractivity contribution is 7.85. The second-order valence-corrected chi connectivity index (χ2v) is 3.59. The molecule has 0 atom stereocenters. The summed E-state index contributed by atoms with van der Waals surface area (Å²) >= 11 is 0. The number of allylic oxidation sites excluding steroid dienone is 1. The van der Waals surface area contributed by atoms with Crippen molar-refractivity contribution in [3.05, 3.63) is 11.2 Å². The predicted molar refractivity (Wildman–Crippen MR) is 41.0 cm³/mol. The Morgan fingerprint density at radius 2 is 2.00 bits per heavy atom. The zero-order chi connectivity index (χ0) is 10.2. The number of carbonyl (C=O) groups is 1. The topological polar surface area (TPSA) is 113 Å². The van der Waals surface area contributed by atoms with E-state index < -0.39 is 28.8 Å². The summed E-state index contributed by atoms with van der Waals surface area (Å²) in [5.41, 5.74) is -0.519. The van der Waals surface area contributed by atoms with Crippen LogP contribution in [0, 0.1) is 0 Å². The smallest absolute Gasteiger partial charge is 0.423 e. The lowest BCUT2D eigenvalue weighted by Crippen LogP contribution is -2.42. The van der Waals surface area contributed by atoms with Gasteiger partial charge in [-0.1, -0.05) is 0 Å². The molecule has 0 radical (unpaired) electrons. The van der Waals surface area contributed by atoms with E-state index in [2.05, 4.69) is 4.18 Å². The Bertz CT molecular complexity index is 370. The highest BCUT2D eigenvalue weighted by Gasteiger charge is 2.35. The predicted octanol–water partition coefficient (Wildman–Crippen LogP) is -2.34. The molecular weight excluding hydrogens is 201 g/mol. The van der Waals surface area contributed by atoms with E-state index in [1.54, 1.807) is 0 Å². The first-order chi connectivity index (χ1) is 5.83. The number of nitrogens with one attached hydrogen (secondary N) is 1. The molecular formula is C4H6BNO6S. The molecule has 1 rings (SSSR count). The molecule has 1 aliphatic rings. The van der Waals surface area contributed by atoms with Crippen LogP contribution in [0.5, 0.6) is 0 Å². The summed E-state index contributed by atoms with van der Waals surface area (Å²) < 4.78 is 27.0. The normalized spacial score (nSPS) is 20.7. The van der Waals surface area contributed by atoms with Gasteiger partial charge in [0.25, 0.3) is 5.91 Å². The first-order valence-electron chi connectivity index (χ1n) is 3.17. The van der Waals surface area contributed by atoms with Crippen molar-refractivity contribution < 1.29 is 27.4 Å². The van der Waals surface area contributed by atoms with Gasteiger partial charge in [-0.25, -0.2) is 4.72 Å². The molecule has 7 nitrogen and oxygen atoms in total. The SMILES string of the molecule is CC1=C(B(O)O)C(=O)NS(=O)(=O)O1. The van der Waals surface area contributed by atoms with Gasteiger partial charge in [-0.15, -0.1) is 0 Å². The van der Waals surface area contributed by atoms with Crippen LogP contribution in [0.4, 0.5) is 0 Å². The van der Waals surface area contributed by atoms with Crippen molar-refractivity contribution in [3.8, 4) is 0 Å². The van der Waals surface area contributed by atoms with Gasteiger partial charge in [0, 0.05) is 0 Å². The summed E-state index contributed by atoms with van der Waals surface area (Å²) in [6, 6.07) is 0. The van der Waals surface area contributed by atoms with Gasteiger partial charge in [0.15, 0.2) is 0 Å². The third kappa shape index (κ3) is 2.00. The second-order valence-electron chi connectivity index (χ2n) is 2.31. The largest absolute Gasteiger partial charge is 0.497 e. The molecule has 0 fully saturated rings. The van der Waals surface area contributed by atoms with Crippen LogP contribution in [-0.4, -0.2) is 31.5 Å². The summed E-state index contributed by atoms with van der Waals surface area (Å²) in [5, 5.41) is 17.3. The monoisotopic (exact) mass is 207 g/mol. The maximum absolute atomic E-state index is 10.9. The molecule has 0 spiro atoms. The molecule has 1 aliphatic heterocycles. The Morgan fingerprint density at radius 3 is 2.38 bits per heavy atom. The number of amides is 1. The first kappa shape index (κ1) is 10.0. The van der Waals surface area contributed by atoms with E-state index in [0.717, 1.165) is 6.92 Å². The maximum atomic E-state index is 10.9. The Morgan fingerprint density at radius 1 is 1.46 bits per heavy atom. The zero-order valence-electron chi connectivity index (χ0n) is 6.51. The van der Waals surface area contributed by atoms with Crippen LogP contribution in [0.1, 0.15) is 6.92 Å². The molecule has 0 unspecified atom stereocenters. The van der Waals surface area contributed by atoms with Gasteiger partial charge < -0.3 is 14.2 Å². The van der Waals surface area contributed by atoms with Crippen molar-refractivity contribution >= 4 is 23.3 Å². The Hall–Kier alpha value is -1.06. The molecule has 0 aromatic rings. The molecule has 0 aliphatic carbocycles. The third-order valence-electron chi connectivity index (χ3n) is 1.33. The quantitative estimate of drug-likeness (QED) is 0.415. The van der Waals surface area contributed by atoms with Gasteiger partial charge in [-0.3, -0.25) is 4.79 Å². The second kappa shape index (κ2) is 3.02. The average molecular weight is 207 g/mol. The molecule has 1 heterocycles. The lowest BCUT2D eigenvalue weighted by Gasteiger charge is -2.17. The number of hydrogen-bond acceptors (Lipinski definition) is 6. The third-order valence-corrected chi connectivity index (χ3v) is 2.24. The van der Waals surface area contributed by atoms with E-state index in [0.29, 0.717) is 0 Å². The summed E-state index contributed by atoms with van der Waals surface area (Å²) in [6.45, 7) is 1.14. The molecule has 9 heteroatoms. The molecule has 13 heavy (non-hydrogen) atoms. The van der Waals surface area contributed by atoms with E-state index in [-0.39, 0.29) is 5.76 Å². The zero-order valence-corrected chi connectivity index (χ0v) is 7.33. The van der Waals surface area contributed by atoms with Crippen LogP contribution in [0.25, 0.3) is 0 Å². The summed E-state index contributed by atoms with van der Waals surface area (Å²) in [7, 11) is -6.19. The number of rotatable bonds is 1. The van der Waals surface area contributed by atoms with Gasteiger partial charge in [-0.2, -0.15) is 8.42 Å². The van der Waals surface area contributed by atoms with Gasteiger partial charge in [-0.05, 0) is 6.92 Å². The molecule has 0 aromatic carbocycles. The first-order valence-corrected chi connectivity index (χ1v) is 4.58. The van der Waals surface area contributed by atoms with Crippen LogP contribution in [0.2, 0.25) is 0 Å². The molecule has 3 N–H and O–H groups in total. The van der Waals surface area contributed by atoms with Crippen molar-refractivity contribution in [2.75, 3.05) is 0 Å². The minimum atomic E-state index is -4.13. The summed E-state index contributed by atoms with van der Waals surface area (Å²) in [6.07, 6.45) is 0. The molecule has 0 aromatic heterocycles. The Balaban J connectivity index is 3.16. The number of carbonyl (C=O) groups excluding carboxylic acids is 1. The molecule has 72 valence electrons. The van der Waals surface area contributed by atoms with Crippen molar-refractivity contribution in [2.24, 2.45) is 0 Å². The lowest BCUT2D eigenvalue weighted by atomic mass is 9.78. The highest BCUT2D eigenvalue weighted by Crippen LogP contribution is 2.15. The van der Waals surface area contributed by atoms with Gasteiger partial charge >= 0.3 is 17.4 Å². The van der Waals surface area contributed by atoms with Crippen molar-refractivity contribution in [1.29, 1.82) is 0 Å². The standard InChI is InChI=1S/C4H6BNO6S/c1-2-3(5(8)9)4(7)6-13(10,11)12-2/h8-9H,1H3,(H,6,7). The van der Waals surface area contributed by atoms with E-state index in [1.807, 2.05) is 0 Å². The van der Waals surface area contributed by atoms with E-state index in [9.17, 15) is 13.2 Å². The minimum Gasteiger partial charge on any atom is -0.423 e. The van der Waals surface area contributed by atoms with Gasteiger partial charge in [0.1, 0.15) is 5.76 Å². The highest BCUT2D eigenvalue weighted by atomic mass is 32.2. The fourth-order valence-corrected chi connectivity index (χ4v) is 1.66. The van der Waals surface area contributed by atoms with Crippen LogP contribution in [-0.2, 0) is 19.3 Å². The van der Waals surface area contributed by atoms with Crippen LogP contribution < -0.4 is 4.72 Å². The van der Waals surface area contributed by atoms with E-state index >= 15 is 0 Å². The minimum absolute atomic E-state index is 0.348.